The van der Waals surface area contributed by atoms with Gasteiger partial charge in [-0.1, -0.05) is 0 Å². The van der Waals surface area contributed by atoms with Crippen molar-refractivity contribution >= 4 is 32.2 Å². The van der Waals surface area contributed by atoms with Crippen LogP contribution < -0.4 is 0 Å². The Bertz CT molecular complexity index is 492. The van der Waals surface area contributed by atoms with Crippen molar-refractivity contribution in [3.05, 3.63) is 47.5 Å². The third-order valence-electron chi connectivity index (χ3n) is 3.24. The van der Waals surface area contributed by atoms with Gasteiger partial charge in [-0.05, 0) is 0 Å². The molecule has 0 amide bonds. The van der Waals surface area contributed by atoms with Crippen LogP contribution in [-0.4, -0.2) is 32.2 Å². The standard InChI is InChI=1S/C15H21OSi.3CH3.Sn/c1-5-13(12-17(2,3)4)11-15(16)14-9-7-6-8-10-14;;;;/h5-10H,1,11-12H2,2-4H3;3*1H3;/b13-5+;;;;. The Morgan fingerprint density at radius 2 is 1.67 bits per heavy atom. The molecule has 0 N–H and O–H groups in total. The third kappa shape index (κ3) is 8.62. The number of Topliss-reactive ketones (excluding diaryl/α,β-unsaturated/α-hetero) is 1. The molecule has 0 radical (unpaired) electrons. The second kappa shape index (κ2) is 7.77. The molecule has 0 atom stereocenters. The van der Waals surface area contributed by atoms with Crippen LogP contribution >= 0.6 is 0 Å². The van der Waals surface area contributed by atoms with Crippen LogP contribution in [0, 0.1) is 0 Å². The van der Waals surface area contributed by atoms with Gasteiger partial charge >= 0.3 is 136 Å². The van der Waals surface area contributed by atoms with E-state index < -0.39 is 26.5 Å². The molecule has 3 heteroatoms. The van der Waals surface area contributed by atoms with E-state index in [0.717, 1.165) is 11.6 Å². The Hall–Kier alpha value is -0.354. The van der Waals surface area contributed by atoms with Crippen LogP contribution in [-0.2, 0) is 0 Å². The van der Waals surface area contributed by atoms with Gasteiger partial charge in [-0.15, -0.1) is 0 Å². The zero-order chi connectivity index (χ0) is 16.1. The number of allylic oxidation sites excluding steroid dienone is 2. The van der Waals surface area contributed by atoms with Crippen molar-refractivity contribution in [2.24, 2.45) is 0 Å². The molecule has 1 aromatic carbocycles. The summed E-state index contributed by atoms with van der Waals surface area (Å²) < 4.78 is 1.25. The van der Waals surface area contributed by atoms with E-state index in [0.29, 0.717) is 6.42 Å². The average Bonchev–Trinajstić information content (AvgIpc) is 2.34. The van der Waals surface area contributed by atoms with Gasteiger partial charge in [-0.2, -0.15) is 0 Å². The summed E-state index contributed by atoms with van der Waals surface area (Å²) in [6.45, 7) is 7.15. The summed E-state index contributed by atoms with van der Waals surface area (Å²) in [6.07, 6.45) is 3.02. The van der Waals surface area contributed by atoms with Gasteiger partial charge in [-0.3, -0.25) is 0 Å². The van der Waals surface area contributed by atoms with Gasteiger partial charge in [0.25, 0.3) is 0 Å². The molecule has 0 aliphatic rings. The first-order valence-corrected chi connectivity index (χ1v) is 22.1. The number of ketones is 1. The Morgan fingerprint density at radius 3 is 2.14 bits per heavy atom. The molecule has 1 rings (SSSR count). The van der Waals surface area contributed by atoms with E-state index in [4.69, 9.17) is 0 Å². The van der Waals surface area contributed by atoms with Crippen LogP contribution in [0.25, 0.3) is 0 Å². The Kier molecular flexibility index (Phi) is 6.92. The first-order valence-electron chi connectivity index (χ1n) is 7.83. The molecular weight excluding hydrogens is 379 g/mol. The molecule has 1 aromatic rings. The van der Waals surface area contributed by atoms with Crippen LogP contribution in [0.15, 0.2) is 42.0 Å². The van der Waals surface area contributed by atoms with Gasteiger partial charge in [-0.25, -0.2) is 0 Å². The number of hydrogen-bond acceptors (Lipinski definition) is 1. The second-order valence-electron chi connectivity index (χ2n) is 8.33. The fourth-order valence-corrected chi connectivity index (χ4v) is 6.47. The Morgan fingerprint density at radius 1 is 1.10 bits per heavy atom. The molecule has 116 valence electrons. The van der Waals surface area contributed by atoms with Gasteiger partial charge in [0.05, 0.1) is 0 Å². The first kappa shape index (κ1) is 18.7. The van der Waals surface area contributed by atoms with E-state index in [-0.39, 0.29) is 5.78 Å². The topological polar surface area (TPSA) is 17.1 Å². The van der Waals surface area contributed by atoms with Gasteiger partial charge < -0.3 is 0 Å². The van der Waals surface area contributed by atoms with E-state index >= 15 is 0 Å². The second-order valence-corrected chi connectivity index (χ2v) is 29.6. The van der Waals surface area contributed by atoms with E-state index in [1.807, 2.05) is 30.3 Å². The van der Waals surface area contributed by atoms with Gasteiger partial charge in [0, 0.05) is 0 Å². The third-order valence-corrected chi connectivity index (χ3v) is 8.84. The van der Waals surface area contributed by atoms with Crippen LogP contribution in [0.3, 0.4) is 0 Å². The van der Waals surface area contributed by atoms with Crippen molar-refractivity contribution in [2.75, 3.05) is 0 Å². The van der Waals surface area contributed by atoms with Crippen molar-refractivity contribution in [3.63, 3.8) is 0 Å². The number of rotatable bonds is 7. The van der Waals surface area contributed by atoms with E-state index in [2.05, 4.69) is 40.5 Å². The molecule has 0 bridgehead atoms. The minimum absolute atomic E-state index is 0.268. The van der Waals surface area contributed by atoms with Crippen LogP contribution in [0.2, 0.25) is 44.9 Å². The van der Waals surface area contributed by atoms with Crippen LogP contribution in [0.1, 0.15) is 16.8 Å². The molecule has 0 saturated carbocycles. The monoisotopic (exact) mass is 410 g/mol. The summed E-state index contributed by atoms with van der Waals surface area (Å²) >= 11 is -1.80. The van der Waals surface area contributed by atoms with Gasteiger partial charge in [0.2, 0.25) is 0 Å². The molecule has 0 unspecified atom stereocenters. The number of hydrogen-bond donors (Lipinski definition) is 0. The fourth-order valence-electron chi connectivity index (χ4n) is 2.27. The minimum atomic E-state index is -1.80. The molecule has 1 nitrogen and oxygen atoms in total. The summed E-state index contributed by atoms with van der Waals surface area (Å²) in [6, 6.07) is 10.9. The zero-order valence-electron chi connectivity index (χ0n) is 14.5. The molecule has 0 saturated heterocycles. The predicted molar refractivity (Wildman–Crippen MR) is 99.8 cm³/mol. The van der Waals surface area contributed by atoms with E-state index in [1.165, 1.54) is 10.0 Å². The Labute approximate surface area is 135 Å². The van der Waals surface area contributed by atoms with Crippen molar-refractivity contribution in [1.82, 2.24) is 0 Å². The van der Waals surface area contributed by atoms with E-state index in [1.54, 1.807) is 0 Å². The SMILES string of the molecule is C[Si](C)(C)C/C(=C/[CH2][Sn]([CH3])([CH3])[CH3])CC(=O)c1ccccc1. The molecular formula is C18H30OSiSn. The fraction of sp³-hybridized carbons (Fsp3) is 0.500. The molecule has 21 heavy (non-hydrogen) atoms. The summed E-state index contributed by atoms with van der Waals surface area (Å²) in [7, 11) is -1.18. The number of carbonyl (C=O) groups is 1. The summed E-state index contributed by atoms with van der Waals surface area (Å²) in [4.78, 5) is 19.8. The molecule has 0 aliphatic carbocycles. The quantitative estimate of drug-likeness (QED) is 0.313. The van der Waals surface area contributed by atoms with Crippen LogP contribution in [0.4, 0.5) is 0 Å². The van der Waals surface area contributed by atoms with Crippen molar-refractivity contribution in [1.29, 1.82) is 0 Å². The average molecular weight is 409 g/mol. The molecule has 0 fully saturated rings. The van der Waals surface area contributed by atoms with Crippen molar-refractivity contribution in [2.45, 2.75) is 51.4 Å². The summed E-state index contributed by atoms with van der Waals surface area (Å²) in [5, 5.41) is 0. The van der Waals surface area contributed by atoms with Crippen molar-refractivity contribution in [3.8, 4) is 0 Å². The zero-order valence-corrected chi connectivity index (χ0v) is 18.3. The van der Waals surface area contributed by atoms with Gasteiger partial charge in [0.1, 0.15) is 0 Å². The maximum absolute atomic E-state index is 12.5. The molecule has 0 aromatic heterocycles. The maximum atomic E-state index is 12.5. The predicted octanol–water partition coefficient (Wildman–Crippen LogP) is 5.86. The van der Waals surface area contributed by atoms with E-state index in [9.17, 15) is 4.79 Å². The normalized spacial score (nSPS) is 13.3. The molecule has 0 aliphatic heterocycles. The summed E-state index contributed by atoms with van der Waals surface area (Å²) in [5.74, 6) is 0.268. The van der Waals surface area contributed by atoms with Gasteiger partial charge in [0.15, 0.2) is 0 Å². The number of carbonyl (C=O) groups excluding carboxylic acids is 1. The van der Waals surface area contributed by atoms with Crippen molar-refractivity contribution < 1.29 is 4.79 Å². The molecule has 0 heterocycles. The Balaban J connectivity index is 2.85. The number of benzene rings is 1. The first-order chi connectivity index (χ1) is 9.57. The summed E-state index contributed by atoms with van der Waals surface area (Å²) in [5.41, 5.74) is 2.23. The van der Waals surface area contributed by atoms with Crippen LogP contribution in [0.5, 0.6) is 0 Å². The molecule has 0 spiro atoms.